The van der Waals surface area contributed by atoms with E-state index in [0.29, 0.717) is 6.42 Å². The molecule has 0 saturated heterocycles. The number of rotatable bonds is 1. The minimum atomic E-state index is -4.54. The van der Waals surface area contributed by atoms with E-state index in [1.165, 1.54) is 7.05 Å². The monoisotopic (exact) mass is 267 g/mol. The lowest BCUT2D eigenvalue weighted by Gasteiger charge is -2.16. The molecule has 1 atom stereocenters. The molecule has 96 valence electrons. The highest BCUT2D eigenvalue weighted by Gasteiger charge is 2.63. The normalized spacial score (nSPS) is 27.3. The van der Waals surface area contributed by atoms with Gasteiger partial charge in [-0.05, 0) is 11.8 Å². The van der Waals surface area contributed by atoms with Crippen molar-refractivity contribution in [2.75, 3.05) is 0 Å². The zero-order chi connectivity index (χ0) is 13.2. The molecule has 1 aromatic heterocycles. The molecule has 1 aromatic rings. The van der Waals surface area contributed by atoms with E-state index in [-0.39, 0.29) is 16.1 Å². The van der Waals surface area contributed by atoms with Crippen molar-refractivity contribution in [3.63, 3.8) is 0 Å². The van der Waals surface area contributed by atoms with Crippen molar-refractivity contribution >= 4 is 11.6 Å². The van der Waals surface area contributed by atoms with E-state index in [2.05, 4.69) is 5.10 Å². The summed E-state index contributed by atoms with van der Waals surface area (Å²) in [6.45, 7) is 3.63. The largest absolute Gasteiger partial charge is 0.435 e. The third-order valence-corrected chi connectivity index (χ3v) is 3.93. The van der Waals surface area contributed by atoms with Gasteiger partial charge in [0.25, 0.3) is 0 Å². The summed E-state index contributed by atoms with van der Waals surface area (Å²) >= 11 is 5.89. The molecule has 2 N–H and O–H groups in total. The molecular formula is C10H13ClF3N3. The molecular weight excluding hydrogens is 255 g/mol. The smallest absolute Gasteiger partial charge is 0.321 e. The number of aromatic nitrogens is 2. The summed E-state index contributed by atoms with van der Waals surface area (Å²) in [6, 6.07) is 0. The number of nitrogens with zero attached hydrogens (tertiary/aromatic N) is 2. The van der Waals surface area contributed by atoms with E-state index in [9.17, 15) is 13.2 Å². The topological polar surface area (TPSA) is 43.8 Å². The second kappa shape index (κ2) is 3.17. The molecule has 7 heteroatoms. The Balaban J connectivity index is 2.62. The van der Waals surface area contributed by atoms with E-state index in [0.717, 1.165) is 4.68 Å². The quantitative estimate of drug-likeness (QED) is 0.850. The summed E-state index contributed by atoms with van der Waals surface area (Å²) in [4.78, 5) is 0. The molecule has 1 saturated carbocycles. The van der Waals surface area contributed by atoms with Crippen LogP contribution in [0.5, 0.6) is 0 Å². The van der Waals surface area contributed by atoms with E-state index in [1.54, 1.807) is 0 Å². The Morgan fingerprint density at radius 3 is 2.24 bits per heavy atom. The fourth-order valence-corrected chi connectivity index (χ4v) is 2.47. The van der Waals surface area contributed by atoms with Gasteiger partial charge in [-0.1, -0.05) is 25.4 Å². The van der Waals surface area contributed by atoms with Crippen molar-refractivity contribution in [3.8, 4) is 0 Å². The third kappa shape index (κ3) is 1.65. The molecule has 1 heterocycles. The van der Waals surface area contributed by atoms with Gasteiger partial charge in [0.2, 0.25) is 0 Å². The summed E-state index contributed by atoms with van der Waals surface area (Å²) in [5, 5.41) is 3.40. The van der Waals surface area contributed by atoms with Gasteiger partial charge in [-0.3, -0.25) is 4.68 Å². The number of hydrogen-bond donors (Lipinski definition) is 1. The van der Waals surface area contributed by atoms with Crippen molar-refractivity contribution < 1.29 is 13.2 Å². The Hall–Kier alpha value is -0.750. The molecule has 0 radical (unpaired) electrons. The SMILES string of the molecule is Cn1nc(C(F)(F)F)c(C2(N)CC2(C)C)c1Cl. The number of aryl methyl sites for hydroxylation is 1. The van der Waals surface area contributed by atoms with Crippen LogP contribution in [0.3, 0.4) is 0 Å². The van der Waals surface area contributed by atoms with Gasteiger partial charge >= 0.3 is 6.18 Å². The number of hydrogen-bond acceptors (Lipinski definition) is 2. The summed E-state index contributed by atoms with van der Waals surface area (Å²) in [6.07, 6.45) is -4.07. The molecule has 3 nitrogen and oxygen atoms in total. The van der Waals surface area contributed by atoms with E-state index < -0.39 is 17.4 Å². The van der Waals surface area contributed by atoms with Crippen LogP contribution in [0.4, 0.5) is 13.2 Å². The lowest BCUT2D eigenvalue weighted by molar-refractivity contribution is -0.142. The molecule has 1 unspecified atom stereocenters. The van der Waals surface area contributed by atoms with Crippen LogP contribution in [0.25, 0.3) is 0 Å². The van der Waals surface area contributed by atoms with Gasteiger partial charge in [0.05, 0.1) is 5.54 Å². The molecule has 0 amide bonds. The summed E-state index contributed by atoms with van der Waals surface area (Å²) in [7, 11) is 1.37. The highest BCUT2D eigenvalue weighted by molar-refractivity contribution is 6.30. The van der Waals surface area contributed by atoms with Crippen LogP contribution in [0, 0.1) is 5.41 Å². The lowest BCUT2D eigenvalue weighted by atomic mass is 9.97. The molecule has 0 aliphatic heterocycles. The first kappa shape index (κ1) is 12.7. The third-order valence-electron chi connectivity index (χ3n) is 3.50. The van der Waals surface area contributed by atoms with Crippen LogP contribution >= 0.6 is 11.6 Å². The Morgan fingerprint density at radius 1 is 1.41 bits per heavy atom. The molecule has 17 heavy (non-hydrogen) atoms. The predicted molar refractivity (Wildman–Crippen MR) is 57.5 cm³/mol. The molecule has 1 aliphatic rings. The van der Waals surface area contributed by atoms with Crippen LogP contribution < -0.4 is 5.73 Å². The van der Waals surface area contributed by atoms with Crippen molar-refractivity contribution in [2.45, 2.75) is 32.0 Å². The van der Waals surface area contributed by atoms with E-state index in [1.807, 2.05) is 13.8 Å². The van der Waals surface area contributed by atoms with Gasteiger partial charge in [0.15, 0.2) is 5.69 Å². The average Bonchev–Trinajstić information content (AvgIpc) is 2.47. The molecule has 2 rings (SSSR count). The fourth-order valence-electron chi connectivity index (χ4n) is 2.18. The molecule has 0 spiro atoms. The maximum atomic E-state index is 12.9. The average molecular weight is 268 g/mol. The fraction of sp³-hybridized carbons (Fsp3) is 0.700. The van der Waals surface area contributed by atoms with Crippen LogP contribution in [-0.4, -0.2) is 9.78 Å². The summed E-state index contributed by atoms with van der Waals surface area (Å²) < 4.78 is 39.6. The van der Waals surface area contributed by atoms with Gasteiger partial charge in [0.1, 0.15) is 5.15 Å². The molecule has 0 aromatic carbocycles. The highest BCUT2D eigenvalue weighted by atomic mass is 35.5. The molecule has 1 aliphatic carbocycles. The van der Waals surface area contributed by atoms with Gasteiger partial charge in [-0.25, -0.2) is 0 Å². The summed E-state index contributed by atoms with van der Waals surface area (Å²) in [5.41, 5.74) is 3.53. The minimum absolute atomic E-state index is 0.0367. The van der Waals surface area contributed by atoms with Crippen LogP contribution in [0.2, 0.25) is 5.15 Å². The standard InChI is InChI=1S/C10H13ClF3N3/c1-8(2)4-9(8,15)5-6(10(12,13)14)16-17(3)7(5)11/h4,15H2,1-3H3. The van der Waals surface area contributed by atoms with Crippen molar-refractivity contribution in [3.05, 3.63) is 16.4 Å². The van der Waals surface area contributed by atoms with Gasteiger partial charge < -0.3 is 5.73 Å². The maximum Gasteiger partial charge on any atom is 0.435 e. The van der Waals surface area contributed by atoms with Crippen LogP contribution in [-0.2, 0) is 18.8 Å². The van der Waals surface area contributed by atoms with Crippen LogP contribution in [0.15, 0.2) is 0 Å². The first-order valence-corrected chi connectivity index (χ1v) is 5.47. The van der Waals surface area contributed by atoms with Crippen molar-refractivity contribution in [2.24, 2.45) is 18.2 Å². The Bertz CT molecular complexity index is 478. The number of halogens is 4. The second-order valence-corrected chi connectivity index (χ2v) is 5.53. The molecule has 1 fully saturated rings. The minimum Gasteiger partial charge on any atom is -0.321 e. The lowest BCUT2D eigenvalue weighted by Crippen LogP contribution is -2.28. The summed E-state index contributed by atoms with van der Waals surface area (Å²) in [5.74, 6) is 0. The van der Waals surface area contributed by atoms with E-state index >= 15 is 0 Å². The van der Waals surface area contributed by atoms with Crippen molar-refractivity contribution in [1.29, 1.82) is 0 Å². The Morgan fingerprint density at radius 2 is 1.88 bits per heavy atom. The van der Waals surface area contributed by atoms with Gasteiger partial charge in [0, 0.05) is 12.6 Å². The van der Waals surface area contributed by atoms with Gasteiger partial charge in [-0.2, -0.15) is 18.3 Å². The molecule has 0 bridgehead atoms. The predicted octanol–water partition coefficient (Wildman–Crippen LogP) is 2.68. The zero-order valence-corrected chi connectivity index (χ0v) is 10.4. The number of alkyl halides is 3. The second-order valence-electron chi connectivity index (χ2n) is 5.17. The maximum absolute atomic E-state index is 12.9. The van der Waals surface area contributed by atoms with Crippen molar-refractivity contribution in [1.82, 2.24) is 9.78 Å². The van der Waals surface area contributed by atoms with E-state index in [4.69, 9.17) is 17.3 Å². The first-order valence-electron chi connectivity index (χ1n) is 5.10. The number of nitrogens with two attached hydrogens (primary N) is 1. The first-order chi connectivity index (χ1) is 7.51. The zero-order valence-electron chi connectivity index (χ0n) is 9.69. The highest BCUT2D eigenvalue weighted by Crippen LogP contribution is 2.63. The van der Waals surface area contributed by atoms with Gasteiger partial charge in [-0.15, -0.1) is 0 Å². The van der Waals surface area contributed by atoms with Crippen LogP contribution in [0.1, 0.15) is 31.5 Å². The Kier molecular flexibility index (Phi) is 2.37. The Labute approximate surface area is 102 Å².